The van der Waals surface area contributed by atoms with E-state index in [-0.39, 0.29) is 17.6 Å². The number of benzene rings is 1. The first kappa shape index (κ1) is 18.0. The molecular formula is C21H19N5O2. The Morgan fingerprint density at radius 2 is 2.04 bits per heavy atom. The maximum absolute atomic E-state index is 12.5. The van der Waals surface area contributed by atoms with Gasteiger partial charge in [-0.15, -0.1) is 0 Å². The van der Waals surface area contributed by atoms with Crippen LogP contribution in [0.15, 0.2) is 65.7 Å². The minimum Gasteiger partial charge on any atom is -0.377 e. The molecule has 7 heteroatoms. The van der Waals surface area contributed by atoms with Gasteiger partial charge in [0.05, 0.1) is 42.6 Å². The van der Waals surface area contributed by atoms with Gasteiger partial charge in [-0.25, -0.2) is 4.68 Å². The van der Waals surface area contributed by atoms with Crippen molar-refractivity contribution in [1.82, 2.24) is 20.1 Å². The highest BCUT2D eigenvalue weighted by atomic mass is 16.5. The monoisotopic (exact) mass is 373 g/mol. The molecular weight excluding hydrogens is 354 g/mol. The lowest BCUT2D eigenvalue weighted by molar-refractivity contribution is 0.181. The van der Waals surface area contributed by atoms with Crippen LogP contribution in [0.25, 0.3) is 11.3 Å². The Morgan fingerprint density at radius 3 is 2.86 bits per heavy atom. The summed E-state index contributed by atoms with van der Waals surface area (Å²) in [6, 6.07) is 16.3. The lowest BCUT2D eigenvalue weighted by Gasteiger charge is -2.21. The summed E-state index contributed by atoms with van der Waals surface area (Å²) in [5.74, 6) is 0. The number of hydrogen-bond acceptors (Lipinski definition) is 6. The average molecular weight is 373 g/mol. The largest absolute Gasteiger partial charge is 0.377 e. The molecule has 1 aliphatic rings. The number of ether oxygens (including phenoxy) is 1. The van der Waals surface area contributed by atoms with Crippen LogP contribution >= 0.6 is 0 Å². The summed E-state index contributed by atoms with van der Waals surface area (Å²) < 4.78 is 7.14. The molecule has 28 heavy (non-hydrogen) atoms. The van der Waals surface area contributed by atoms with Crippen LogP contribution in [0.1, 0.15) is 17.2 Å². The molecule has 2 aromatic heterocycles. The van der Waals surface area contributed by atoms with Gasteiger partial charge in [0, 0.05) is 30.6 Å². The number of aromatic nitrogens is 3. The first-order valence-electron chi connectivity index (χ1n) is 9.05. The maximum Gasteiger partial charge on any atom is 0.267 e. The smallest absolute Gasteiger partial charge is 0.267 e. The molecule has 0 bridgehead atoms. The van der Waals surface area contributed by atoms with Crippen LogP contribution in [-0.2, 0) is 11.3 Å². The molecule has 3 aromatic rings. The third kappa shape index (κ3) is 3.83. The van der Waals surface area contributed by atoms with Crippen molar-refractivity contribution in [2.24, 2.45) is 0 Å². The van der Waals surface area contributed by atoms with Gasteiger partial charge in [-0.3, -0.25) is 9.78 Å². The lowest BCUT2D eigenvalue weighted by Crippen LogP contribution is -2.41. The minimum absolute atomic E-state index is 0.0522. The number of hydrogen-bond donors (Lipinski definition) is 1. The van der Waals surface area contributed by atoms with Crippen LogP contribution in [0.4, 0.5) is 0 Å². The SMILES string of the molecule is N#Cc1cccc(CNC2COCC2n2nc(-c3ccncc3)ccc2=O)c1. The van der Waals surface area contributed by atoms with Crippen molar-refractivity contribution in [2.75, 3.05) is 13.2 Å². The van der Waals surface area contributed by atoms with E-state index in [0.29, 0.717) is 25.3 Å². The topological polar surface area (TPSA) is 92.8 Å². The van der Waals surface area contributed by atoms with Gasteiger partial charge in [-0.2, -0.15) is 10.4 Å². The second kappa shape index (κ2) is 8.13. The standard InChI is InChI=1S/C21H19N5O2/c22-11-15-2-1-3-16(10-15)12-24-19-13-28-14-20(19)26-21(27)5-4-18(25-26)17-6-8-23-9-7-17/h1-10,19-20,24H,12-14H2. The highest BCUT2D eigenvalue weighted by molar-refractivity contribution is 5.57. The van der Waals surface area contributed by atoms with E-state index < -0.39 is 0 Å². The third-order valence-electron chi connectivity index (χ3n) is 4.79. The molecule has 1 fully saturated rings. The van der Waals surface area contributed by atoms with Gasteiger partial charge < -0.3 is 10.1 Å². The van der Waals surface area contributed by atoms with Gasteiger partial charge in [0.15, 0.2) is 0 Å². The van der Waals surface area contributed by atoms with Gasteiger partial charge in [-0.1, -0.05) is 12.1 Å². The molecule has 1 aromatic carbocycles. The van der Waals surface area contributed by atoms with E-state index in [1.807, 2.05) is 30.3 Å². The van der Waals surface area contributed by atoms with E-state index in [2.05, 4.69) is 21.5 Å². The Bertz CT molecular complexity index is 1060. The van der Waals surface area contributed by atoms with Crippen molar-refractivity contribution in [3.63, 3.8) is 0 Å². The van der Waals surface area contributed by atoms with Crippen molar-refractivity contribution in [3.8, 4) is 17.3 Å². The molecule has 0 saturated carbocycles. The van der Waals surface area contributed by atoms with Crippen LogP contribution < -0.4 is 10.9 Å². The molecule has 3 heterocycles. The number of nitrogens with one attached hydrogen (secondary N) is 1. The van der Waals surface area contributed by atoms with Crippen LogP contribution in [0, 0.1) is 11.3 Å². The molecule has 2 unspecified atom stereocenters. The fraction of sp³-hybridized carbons (Fsp3) is 0.238. The van der Waals surface area contributed by atoms with Crippen molar-refractivity contribution in [1.29, 1.82) is 5.26 Å². The zero-order valence-electron chi connectivity index (χ0n) is 15.2. The van der Waals surface area contributed by atoms with Crippen molar-refractivity contribution in [3.05, 3.63) is 82.4 Å². The van der Waals surface area contributed by atoms with Gasteiger partial charge in [0.2, 0.25) is 0 Å². The fourth-order valence-electron chi connectivity index (χ4n) is 3.32. The Labute approximate surface area is 162 Å². The quantitative estimate of drug-likeness (QED) is 0.734. The zero-order chi connectivity index (χ0) is 19.3. The Morgan fingerprint density at radius 1 is 1.18 bits per heavy atom. The molecule has 2 atom stereocenters. The second-order valence-electron chi connectivity index (χ2n) is 6.64. The molecule has 4 rings (SSSR count). The van der Waals surface area contributed by atoms with Crippen molar-refractivity contribution >= 4 is 0 Å². The van der Waals surface area contributed by atoms with Crippen LogP contribution in [0.5, 0.6) is 0 Å². The minimum atomic E-state index is -0.201. The summed E-state index contributed by atoms with van der Waals surface area (Å²) in [6.07, 6.45) is 3.40. The predicted molar refractivity (Wildman–Crippen MR) is 103 cm³/mol. The summed E-state index contributed by atoms with van der Waals surface area (Å²) in [7, 11) is 0. The van der Waals surface area contributed by atoms with Crippen LogP contribution in [0.3, 0.4) is 0 Å². The summed E-state index contributed by atoms with van der Waals surface area (Å²) in [4.78, 5) is 16.5. The molecule has 0 amide bonds. The van der Waals surface area contributed by atoms with E-state index in [1.165, 1.54) is 10.7 Å². The summed E-state index contributed by atoms with van der Waals surface area (Å²) in [5, 5.41) is 17.1. The molecule has 0 radical (unpaired) electrons. The second-order valence-corrected chi connectivity index (χ2v) is 6.64. The molecule has 0 aliphatic carbocycles. The first-order chi connectivity index (χ1) is 13.7. The normalized spacial score (nSPS) is 18.7. The van der Waals surface area contributed by atoms with E-state index in [4.69, 9.17) is 10.00 Å². The lowest BCUT2D eigenvalue weighted by atomic mass is 10.1. The Balaban J connectivity index is 1.55. The number of nitriles is 1. The highest BCUT2D eigenvalue weighted by Crippen LogP contribution is 2.20. The molecule has 7 nitrogen and oxygen atoms in total. The molecule has 1 N–H and O–H groups in total. The fourth-order valence-corrected chi connectivity index (χ4v) is 3.32. The molecule has 0 spiro atoms. The highest BCUT2D eigenvalue weighted by Gasteiger charge is 2.31. The van der Waals surface area contributed by atoms with Gasteiger partial charge in [0.25, 0.3) is 5.56 Å². The summed E-state index contributed by atoms with van der Waals surface area (Å²) in [6.45, 7) is 1.50. The number of pyridine rings is 1. The van der Waals surface area contributed by atoms with E-state index in [1.54, 1.807) is 24.5 Å². The van der Waals surface area contributed by atoms with Gasteiger partial charge >= 0.3 is 0 Å². The van der Waals surface area contributed by atoms with E-state index in [0.717, 1.165) is 16.8 Å². The number of nitrogens with zero attached hydrogens (tertiary/aromatic N) is 4. The van der Waals surface area contributed by atoms with E-state index in [9.17, 15) is 4.79 Å². The van der Waals surface area contributed by atoms with Crippen molar-refractivity contribution < 1.29 is 4.74 Å². The van der Waals surface area contributed by atoms with Crippen molar-refractivity contribution in [2.45, 2.75) is 18.6 Å². The van der Waals surface area contributed by atoms with Crippen LogP contribution in [-0.4, -0.2) is 34.0 Å². The van der Waals surface area contributed by atoms with Crippen LogP contribution in [0.2, 0.25) is 0 Å². The molecule has 140 valence electrons. The zero-order valence-corrected chi connectivity index (χ0v) is 15.2. The maximum atomic E-state index is 12.5. The van der Waals surface area contributed by atoms with E-state index >= 15 is 0 Å². The average Bonchev–Trinajstić information content (AvgIpc) is 3.22. The predicted octanol–water partition coefficient (Wildman–Crippen LogP) is 1.91. The summed E-state index contributed by atoms with van der Waals surface area (Å²) >= 11 is 0. The first-order valence-corrected chi connectivity index (χ1v) is 9.05. The molecule has 1 saturated heterocycles. The van der Waals surface area contributed by atoms with Gasteiger partial charge in [0.1, 0.15) is 0 Å². The number of rotatable bonds is 5. The summed E-state index contributed by atoms with van der Waals surface area (Å²) in [5.41, 5.74) is 3.10. The third-order valence-corrected chi connectivity index (χ3v) is 4.79. The van der Waals surface area contributed by atoms with Gasteiger partial charge in [-0.05, 0) is 35.9 Å². The molecule has 1 aliphatic heterocycles. The Hall–Kier alpha value is -3.34. The Kier molecular flexibility index (Phi) is 5.24.